The van der Waals surface area contributed by atoms with E-state index in [9.17, 15) is 0 Å². The minimum absolute atomic E-state index is 0.809. The number of anilines is 2. The summed E-state index contributed by atoms with van der Waals surface area (Å²) in [5.74, 6) is 0. The molecule has 1 N–H and O–H groups in total. The summed E-state index contributed by atoms with van der Waals surface area (Å²) in [7, 11) is 1.90. The maximum absolute atomic E-state index is 5.30. The van der Waals surface area contributed by atoms with Gasteiger partial charge in [0, 0.05) is 20.1 Å². The molecule has 0 atom stereocenters. The Kier molecular flexibility index (Phi) is 5.64. The fourth-order valence-corrected chi connectivity index (χ4v) is 1.56. The number of hydrogen-bond donors (Lipinski definition) is 1. The van der Waals surface area contributed by atoms with Crippen LogP contribution in [0.25, 0.3) is 0 Å². The topological polar surface area (TPSA) is 37.4 Å². The highest BCUT2D eigenvalue weighted by Crippen LogP contribution is 2.18. The predicted molar refractivity (Wildman–Crippen MR) is 68.2 cm³/mol. The van der Waals surface area contributed by atoms with Crippen molar-refractivity contribution >= 4 is 11.4 Å². The van der Waals surface area contributed by atoms with Crippen molar-refractivity contribution in [3.05, 3.63) is 18.5 Å². The second kappa shape index (κ2) is 7.06. The Bertz CT molecular complexity index is 298. The Morgan fingerprint density at radius 3 is 2.56 bits per heavy atom. The van der Waals surface area contributed by atoms with Crippen molar-refractivity contribution in [2.45, 2.75) is 13.8 Å². The lowest BCUT2D eigenvalue weighted by molar-refractivity contribution is 0.122. The summed E-state index contributed by atoms with van der Waals surface area (Å²) in [5.41, 5.74) is 2.22. The third kappa shape index (κ3) is 3.38. The van der Waals surface area contributed by atoms with Gasteiger partial charge in [0.15, 0.2) is 0 Å². The second-order valence-corrected chi connectivity index (χ2v) is 3.28. The molecule has 4 nitrogen and oxygen atoms in total. The molecule has 0 aromatic carbocycles. The van der Waals surface area contributed by atoms with Crippen molar-refractivity contribution in [2.24, 2.45) is 0 Å². The van der Waals surface area contributed by atoms with Gasteiger partial charge in [-0.15, -0.1) is 0 Å². The molecule has 2 heterocycles. The zero-order valence-corrected chi connectivity index (χ0v) is 10.4. The summed E-state index contributed by atoms with van der Waals surface area (Å²) in [6.07, 6.45) is 3.72. The van der Waals surface area contributed by atoms with Gasteiger partial charge >= 0.3 is 0 Å². The molecule has 1 aromatic heterocycles. The number of hydrogen-bond acceptors (Lipinski definition) is 4. The zero-order valence-electron chi connectivity index (χ0n) is 10.4. The summed E-state index contributed by atoms with van der Waals surface area (Å²) >= 11 is 0. The normalized spacial score (nSPS) is 15.1. The first-order valence-corrected chi connectivity index (χ1v) is 5.85. The lowest BCUT2D eigenvalue weighted by Crippen LogP contribution is -2.36. The lowest BCUT2D eigenvalue weighted by atomic mass is 10.3. The molecule has 1 aliphatic rings. The number of pyridine rings is 1. The van der Waals surface area contributed by atoms with E-state index in [0.717, 1.165) is 32.0 Å². The number of nitrogens with one attached hydrogen (secondary N) is 1. The van der Waals surface area contributed by atoms with Crippen molar-refractivity contribution in [1.29, 1.82) is 0 Å². The fourth-order valence-electron chi connectivity index (χ4n) is 1.56. The van der Waals surface area contributed by atoms with Gasteiger partial charge in [0.25, 0.3) is 0 Å². The molecule has 1 aromatic rings. The Labute approximate surface area is 97.6 Å². The number of ether oxygens (including phenoxy) is 1. The first kappa shape index (κ1) is 12.8. The van der Waals surface area contributed by atoms with Crippen LogP contribution in [0, 0.1) is 0 Å². The smallest absolute Gasteiger partial charge is 0.0642 e. The Hall–Kier alpha value is -1.29. The molecule has 90 valence electrons. The van der Waals surface area contributed by atoms with Crippen LogP contribution in [0.1, 0.15) is 13.8 Å². The number of aromatic nitrogens is 1. The van der Waals surface area contributed by atoms with Crippen molar-refractivity contribution < 1.29 is 4.74 Å². The summed E-state index contributed by atoms with van der Waals surface area (Å²) in [5, 5.41) is 3.09. The molecule has 2 rings (SSSR count). The molecule has 0 spiro atoms. The van der Waals surface area contributed by atoms with Crippen LogP contribution in [-0.2, 0) is 4.74 Å². The van der Waals surface area contributed by atoms with E-state index in [-0.39, 0.29) is 0 Å². The molecule has 4 heteroatoms. The molecule has 16 heavy (non-hydrogen) atoms. The van der Waals surface area contributed by atoms with E-state index in [1.54, 1.807) is 0 Å². The van der Waals surface area contributed by atoms with Crippen LogP contribution >= 0.6 is 0 Å². The van der Waals surface area contributed by atoms with Crippen LogP contribution in [0.2, 0.25) is 0 Å². The average Bonchev–Trinajstić information content (AvgIpc) is 2.42. The van der Waals surface area contributed by atoms with Gasteiger partial charge in [-0.05, 0) is 6.07 Å². The third-order valence-electron chi connectivity index (χ3n) is 2.39. The zero-order chi connectivity index (χ0) is 11.8. The Morgan fingerprint density at radius 2 is 1.94 bits per heavy atom. The third-order valence-corrected chi connectivity index (χ3v) is 2.39. The lowest BCUT2D eigenvalue weighted by Gasteiger charge is -2.28. The van der Waals surface area contributed by atoms with Gasteiger partial charge in [-0.3, -0.25) is 4.98 Å². The number of nitrogens with zero attached hydrogens (tertiary/aromatic N) is 2. The highest BCUT2D eigenvalue weighted by atomic mass is 16.5. The maximum atomic E-state index is 5.30. The van der Waals surface area contributed by atoms with E-state index < -0.39 is 0 Å². The molecule has 0 amide bonds. The summed E-state index contributed by atoms with van der Waals surface area (Å²) < 4.78 is 5.30. The van der Waals surface area contributed by atoms with Gasteiger partial charge < -0.3 is 15.0 Å². The Morgan fingerprint density at radius 1 is 1.25 bits per heavy atom. The molecule has 1 fully saturated rings. The SMILES string of the molecule is CC.CNc1cncc(N2CCOCC2)c1. The van der Waals surface area contributed by atoms with Crippen molar-refractivity contribution in [3.63, 3.8) is 0 Å². The van der Waals surface area contributed by atoms with Gasteiger partial charge in [0.2, 0.25) is 0 Å². The van der Waals surface area contributed by atoms with Gasteiger partial charge in [-0.1, -0.05) is 13.8 Å². The number of morpholine rings is 1. The van der Waals surface area contributed by atoms with E-state index >= 15 is 0 Å². The second-order valence-electron chi connectivity index (χ2n) is 3.28. The van der Waals surface area contributed by atoms with Crippen LogP contribution < -0.4 is 10.2 Å². The maximum Gasteiger partial charge on any atom is 0.0642 e. The molecule has 0 unspecified atom stereocenters. The minimum atomic E-state index is 0.809. The van der Waals surface area contributed by atoms with Crippen LogP contribution in [-0.4, -0.2) is 38.3 Å². The van der Waals surface area contributed by atoms with Crippen LogP contribution in [0.15, 0.2) is 18.5 Å². The fraction of sp³-hybridized carbons (Fsp3) is 0.583. The molecular formula is C12H21N3O. The number of rotatable bonds is 2. The van der Waals surface area contributed by atoms with Crippen molar-refractivity contribution in [2.75, 3.05) is 43.6 Å². The first-order valence-electron chi connectivity index (χ1n) is 5.85. The molecule has 0 aliphatic carbocycles. The van der Waals surface area contributed by atoms with Gasteiger partial charge in [0.1, 0.15) is 0 Å². The van der Waals surface area contributed by atoms with Crippen LogP contribution in [0.4, 0.5) is 11.4 Å². The van der Waals surface area contributed by atoms with E-state index in [4.69, 9.17) is 4.74 Å². The van der Waals surface area contributed by atoms with E-state index in [2.05, 4.69) is 21.3 Å². The van der Waals surface area contributed by atoms with Crippen molar-refractivity contribution in [3.8, 4) is 0 Å². The monoisotopic (exact) mass is 223 g/mol. The van der Waals surface area contributed by atoms with Crippen molar-refractivity contribution in [1.82, 2.24) is 4.98 Å². The average molecular weight is 223 g/mol. The van der Waals surface area contributed by atoms with E-state index in [0.29, 0.717) is 0 Å². The van der Waals surface area contributed by atoms with Gasteiger partial charge in [-0.2, -0.15) is 0 Å². The standard InChI is InChI=1S/C10H15N3O.C2H6/c1-11-9-6-10(8-12-7-9)13-2-4-14-5-3-13;1-2/h6-8,11H,2-5H2,1H3;1-2H3. The van der Waals surface area contributed by atoms with E-state index in [1.807, 2.05) is 33.3 Å². The predicted octanol–water partition coefficient (Wildman–Crippen LogP) is 1.99. The quantitative estimate of drug-likeness (QED) is 0.832. The largest absolute Gasteiger partial charge is 0.387 e. The van der Waals surface area contributed by atoms with Crippen LogP contribution in [0.5, 0.6) is 0 Å². The van der Waals surface area contributed by atoms with Gasteiger partial charge in [-0.25, -0.2) is 0 Å². The highest BCUT2D eigenvalue weighted by molar-refractivity contribution is 5.55. The Balaban J connectivity index is 0.000000606. The van der Waals surface area contributed by atoms with Gasteiger partial charge in [0.05, 0.1) is 37.0 Å². The molecule has 1 saturated heterocycles. The molecule has 0 radical (unpaired) electrons. The molecule has 0 bridgehead atoms. The minimum Gasteiger partial charge on any atom is -0.387 e. The van der Waals surface area contributed by atoms with E-state index in [1.165, 1.54) is 5.69 Å². The summed E-state index contributed by atoms with van der Waals surface area (Å²) in [6, 6.07) is 2.11. The molecule has 0 saturated carbocycles. The molecular weight excluding hydrogens is 202 g/mol. The summed E-state index contributed by atoms with van der Waals surface area (Å²) in [4.78, 5) is 6.47. The first-order chi connectivity index (χ1) is 7.90. The summed E-state index contributed by atoms with van der Waals surface area (Å²) in [6.45, 7) is 7.53. The highest BCUT2D eigenvalue weighted by Gasteiger charge is 2.11. The molecule has 1 aliphatic heterocycles. The van der Waals surface area contributed by atoms with Crippen LogP contribution in [0.3, 0.4) is 0 Å².